The summed E-state index contributed by atoms with van der Waals surface area (Å²) in [6, 6.07) is 10.9. The molecule has 0 aliphatic heterocycles. The number of anilines is 2. The van der Waals surface area contributed by atoms with Gasteiger partial charge < -0.3 is 10.4 Å². The predicted octanol–water partition coefficient (Wildman–Crippen LogP) is 5.03. The maximum absolute atomic E-state index is 13.1. The SMILES string of the molecule is O=C(O)c1ccc2c(c1)nc(Nc1ccc(F)cc1)c1cscc12. The van der Waals surface area contributed by atoms with Crippen LogP contribution in [0.3, 0.4) is 0 Å². The second-order valence-electron chi connectivity index (χ2n) is 5.33. The third-order valence-corrected chi connectivity index (χ3v) is 4.53. The number of benzene rings is 2. The number of rotatable bonds is 3. The molecule has 0 saturated carbocycles. The van der Waals surface area contributed by atoms with Crippen LogP contribution in [-0.4, -0.2) is 16.1 Å². The fourth-order valence-corrected chi connectivity index (χ4v) is 3.45. The summed E-state index contributed by atoms with van der Waals surface area (Å²) in [5.41, 5.74) is 1.51. The number of thiophene rings is 1. The Morgan fingerprint density at radius 1 is 1.04 bits per heavy atom. The van der Waals surface area contributed by atoms with Gasteiger partial charge in [0.05, 0.1) is 11.1 Å². The molecule has 6 heteroatoms. The van der Waals surface area contributed by atoms with E-state index in [2.05, 4.69) is 10.3 Å². The lowest BCUT2D eigenvalue weighted by Crippen LogP contribution is -1.98. The summed E-state index contributed by atoms with van der Waals surface area (Å²) in [6.45, 7) is 0. The number of halogens is 1. The van der Waals surface area contributed by atoms with E-state index in [9.17, 15) is 14.3 Å². The number of carboxylic acid groups (broad SMARTS) is 1. The molecule has 0 saturated heterocycles. The van der Waals surface area contributed by atoms with E-state index < -0.39 is 5.97 Å². The standard InChI is InChI=1S/C18H11FN2O2S/c19-11-2-4-12(5-3-11)20-17-15-9-24-8-14(15)13-6-1-10(18(22)23)7-16(13)21-17/h1-9H,(H,20,21)(H,22,23). The van der Waals surface area contributed by atoms with Crippen molar-refractivity contribution in [1.82, 2.24) is 4.98 Å². The molecule has 4 rings (SSSR count). The molecule has 2 heterocycles. The van der Waals surface area contributed by atoms with E-state index in [0.717, 1.165) is 16.2 Å². The first-order chi connectivity index (χ1) is 11.6. The Kier molecular flexibility index (Phi) is 3.39. The smallest absolute Gasteiger partial charge is 0.335 e. The third-order valence-electron chi connectivity index (χ3n) is 3.79. The highest BCUT2D eigenvalue weighted by atomic mass is 32.1. The van der Waals surface area contributed by atoms with E-state index in [1.54, 1.807) is 41.7 Å². The number of hydrogen-bond donors (Lipinski definition) is 2. The molecule has 2 N–H and O–H groups in total. The van der Waals surface area contributed by atoms with Crippen molar-refractivity contribution >= 4 is 50.5 Å². The summed E-state index contributed by atoms with van der Waals surface area (Å²) < 4.78 is 13.1. The fourth-order valence-electron chi connectivity index (χ4n) is 2.62. The molecular formula is C18H11FN2O2S. The van der Waals surface area contributed by atoms with Gasteiger partial charge in [-0.2, -0.15) is 11.3 Å². The molecule has 0 bridgehead atoms. The van der Waals surface area contributed by atoms with Gasteiger partial charge in [0, 0.05) is 27.2 Å². The van der Waals surface area contributed by atoms with Crippen molar-refractivity contribution in [3.63, 3.8) is 0 Å². The first kappa shape index (κ1) is 14.6. The Morgan fingerprint density at radius 2 is 1.79 bits per heavy atom. The number of fused-ring (bicyclic) bond motifs is 3. The average molecular weight is 338 g/mol. The molecule has 24 heavy (non-hydrogen) atoms. The van der Waals surface area contributed by atoms with Crippen LogP contribution in [0.1, 0.15) is 10.4 Å². The minimum Gasteiger partial charge on any atom is -0.478 e. The van der Waals surface area contributed by atoms with E-state index in [1.807, 2.05) is 10.8 Å². The second-order valence-corrected chi connectivity index (χ2v) is 6.07. The lowest BCUT2D eigenvalue weighted by atomic mass is 10.1. The molecule has 0 aliphatic rings. The van der Waals surface area contributed by atoms with Crippen LogP contribution in [0.5, 0.6) is 0 Å². The minimum absolute atomic E-state index is 0.192. The molecular weight excluding hydrogens is 327 g/mol. The molecule has 2 aromatic carbocycles. The van der Waals surface area contributed by atoms with Gasteiger partial charge in [-0.05, 0) is 41.8 Å². The molecule has 0 fully saturated rings. The number of nitrogens with one attached hydrogen (secondary N) is 1. The molecule has 4 nitrogen and oxygen atoms in total. The highest BCUT2D eigenvalue weighted by Crippen LogP contribution is 2.34. The van der Waals surface area contributed by atoms with Crippen molar-refractivity contribution in [3.05, 3.63) is 64.6 Å². The zero-order valence-corrected chi connectivity index (χ0v) is 13.1. The van der Waals surface area contributed by atoms with Crippen LogP contribution in [0.15, 0.2) is 53.2 Å². The Labute approximate surface area is 140 Å². The van der Waals surface area contributed by atoms with Crippen molar-refractivity contribution < 1.29 is 14.3 Å². The Balaban J connectivity index is 1.90. The van der Waals surface area contributed by atoms with Crippen LogP contribution in [0.25, 0.3) is 21.7 Å². The first-order valence-corrected chi connectivity index (χ1v) is 8.11. The van der Waals surface area contributed by atoms with E-state index in [-0.39, 0.29) is 11.4 Å². The summed E-state index contributed by atoms with van der Waals surface area (Å²) in [5, 5.41) is 19.2. The largest absolute Gasteiger partial charge is 0.478 e. The molecule has 4 aromatic rings. The van der Waals surface area contributed by atoms with Gasteiger partial charge in [0.25, 0.3) is 0 Å². The van der Waals surface area contributed by atoms with Crippen LogP contribution in [0.4, 0.5) is 15.9 Å². The molecule has 0 amide bonds. The molecule has 0 spiro atoms. The molecule has 0 aliphatic carbocycles. The summed E-state index contributed by atoms with van der Waals surface area (Å²) >= 11 is 1.55. The van der Waals surface area contributed by atoms with E-state index in [1.165, 1.54) is 12.1 Å². The second kappa shape index (κ2) is 5.58. The van der Waals surface area contributed by atoms with Crippen LogP contribution in [0.2, 0.25) is 0 Å². The first-order valence-electron chi connectivity index (χ1n) is 7.17. The predicted molar refractivity (Wildman–Crippen MR) is 93.8 cm³/mol. The van der Waals surface area contributed by atoms with Gasteiger partial charge in [-0.1, -0.05) is 6.07 Å². The number of aromatic carboxylic acids is 1. The van der Waals surface area contributed by atoms with Crippen LogP contribution in [0, 0.1) is 5.82 Å². The number of carbonyl (C=O) groups is 1. The van der Waals surface area contributed by atoms with Gasteiger partial charge in [0.1, 0.15) is 11.6 Å². The van der Waals surface area contributed by atoms with Gasteiger partial charge in [-0.25, -0.2) is 14.2 Å². The van der Waals surface area contributed by atoms with Crippen molar-refractivity contribution in [2.45, 2.75) is 0 Å². The van der Waals surface area contributed by atoms with Crippen molar-refractivity contribution in [2.75, 3.05) is 5.32 Å². The van der Waals surface area contributed by atoms with Crippen molar-refractivity contribution in [3.8, 4) is 0 Å². The van der Waals surface area contributed by atoms with Crippen molar-refractivity contribution in [1.29, 1.82) is 0 Å². The number of pyridine rings is 1. The van der Waals surface area contributed by atoms with Gasteiger partial charge in [-0.15, -0.1) is 0 Å². The Morgan fingerprint density at radius 3 is 2.54 bits per heavy atom. The zero-order chi connectivity index (χ0) is 16.7. The van der Waals surface area contributed by atoms with Gasteiger partial charge in [-0.3, -0.25) is 0 Å². The van der Waals surface area contributed by atoms with Crippen molar-refractivity contribution in [2.24, 2.45) is 0 Å². The fraction of sp³-hybridized carbons (Fsp3) is 0. The van der Waals surface area contributed by atoms with Crippen LogP contribution >= 0.6 is 11.3 Å². The van der Waals surface area contributed by atoms with E-state index in [0.29, 0.717) is 17.0 Å². The zero-order valence-electron chi connectivity index (χ0n) is 12.3. The number of hydrogen-bond acceptors (Lipinski definition) is 4. The lowest BCUT2D eigenvalue weighted by Gasteiger charge is -2.10. The minimum atomic E-state index is -0.989. The number of carboxylic acids is 1. The average Bonchev–Trinajstić information content (AvgIpc) is 3.06. The third kappa shape index (κ3) is 2.47. The summed E-state index contributed by atoms with van der Waals surface area (Å²) in [4.78, 5) is 15.8. The summed E-state index contributed by atoms with van der Waals surface area (Å²) in [7, 11) is 0. The highest BCUT2D eigenvalue weighted by Gasteiger charge is 2.12. The Hall–Kier alpha value is -2.99. The summed E-state index contributed by atoms with van der Waals surface area (Å²) in [5.74, 6) is -0.677. The quantitative estimate of drug-likeness (QED) is 0.550. The topological polar surface area (TPSA) is 62.2 Å². The maximum atomic E-state index is 13.1. The highest BCUT2D eigenvalue weighted by molar-refractivity contribution is 7.09. The molecule has 0 unspecified atom stereocenters. The van der Waals surface area contributed by atoms with Crippen LogP contribution in [-0.2, 0) is 0 Å². The summed E-state index contributed by atoms with van der Waals surface area (Å²) in [6.07, 6.45) is 0. The lowest BCUT2D eigenvalue weighted by molar-refractivity contribution is 0.0697. The van der Waals surface area contributed by atoms with Crippen LogP contribution < -0.4 is 5.32 Å². The molecule has 118 valence electrons. The normalized spacial score (nSPS) is 11.0. The monoisotopic (exact) mass is 338 g/mol. The molecule has 0 atom stereocenters. The van der Waals surface area contributed by atoms with E-state index in [4.69, 9.17) is 0 Å². The van der Waals surface area contributed by atoms with E-state index >= 15 is 0 Å². The van der Waals surface area contributed by atoms with Gasteiger partial charge >= 0.3 is 5.97 Å². The molecule has 2 aromatic heterocycles. The number of aromatic nitrogens is 1. The number of nitrogens with zero attached hydrogens (tertiary/aromatic N) is 1. The van der Waals surface area contributed by atoms with Gasteiger partial charge in [0.2, 0.25) is 0 Å². The van der Waals surface area contributed by atoms with Gasteiger partial charge in [0.15, 0.2) is 0 Å². The molecule has 0 radical (unpaired) electrons. The Bertz CT molecular complexity index is 1070. The maximum Gasteiger partial charge on any atom is 0.335 e.